The predicted octanol–water partition coefficient (Wildman–Crippen LogP) is 1.66. The number of amides is 7. The lowest BCUT2D eigenvalue weighted by Gasteiger charge is -2.37. The van der Waals surface area contributed by atoms with Crippen molar-refractivity contribution in [3.63, 3.8) is 0 Å². The number of piperidine rings is 1. The molecule has 3 aliphatic rings. The van der Waals surface area contributed by atoms with Gasteiger partial charge in [-0.3, -0.25) is 19.4 Å². The van der Waals surface area contributed by atoms with Crippen LogP contribution in [0.5, 0.6) is 0 Å². The molecule has 2 N–H and O–H groups in total. The molecule has 3 fully saturated rings. The number of nitrogens with zero attached hydrogens (tertiary/aromatic N) is 7. The number of nitrogens with one attached hydrogen (secondary N) is 2. The molecule has 0 saturated carbocycles. The van der Waals surface area contributed by atoms with E-state index in [1.807, 2.05) is 24.4 Å². The minimum Gasteiger partial charge on any atom is -0.378 e. The highest BCUT2D eigenvalue weighted by Crippen LogP contribution is 2.33. The molecule has 0 atom stereocenters. The molecule has 1 spiro atoms. The van der Waals surface area contributed by atoms with Crippen molar-refractivity contribution in [1.29, 1.82) is 0 Å². The summed E-state index contributed by atoms with van der Waals surface area (Å²) in [4.78, 5) is 85.4. The first-order chi connectivity index (χ1) is 39.2. The van der Waals surface area contributed by atoms with E-state index in [9.17, 15) is 28.8 Å². The summed E-state index contributed by atoms with van der Waals surface area (Å²) >= 11 is 0. The van der Waals surface area contributed by atoms with Gasteiger partial charge in [0.1, 0.15) is 11.2 Å². The van der Waals surface area contributed by atoms with E-state index >= 15 is 0 Å². The standard InChI is InChI=1S/C52H75N9O19/c62-46-4-5-47(63)61(46)80-48(64)8-16-68-18-20-70-22-24-72-26-28-74-30-32-76-34-36-78-38-39-79-37-35-77-33-31-75-29-27-73-25-23-71-21-19-69-17-15-59-41-45(56-57-59)42-2-1-3-43(40-42)54-50(66)58-13-9-52(10-14-58)49(65)60(51(67)55-52)44-6-11-53-12-7-44/h1-3,6-7,11-12,40-41H,4-5,8-10,13-39H2,(H,54,66)(H,55,67). The fourth-order valence-corrected chi connectivity index (χ4v) is 7.92. The molecule has 0 aliphatic carbocycles. The molecule has 3 saturated heterocycles. The molecule has 442 valence electrons. The van der Waals surface area contributed by atoms with E-state index < -0.39 is 29.4 Å². The van der Waals surface area contributed by atoms with Crippen LogP contribution in [0.15, 0.2) is 55.0 Å². The van der Waals surface area contributed by atoms with Crippen LogP contribution in [0.3, 0.4) is 0 Å². The van der Waals surface area contributed by atoms with E-state index in [4.69, 9.17) is 61.7 Å². The fourth-order valence-electron chi connectivity index (χ4n) is 7.92. The predicted molar refractivity (Wildman–Crippen MR) is 280 cm³/mol. The van der Waals surface area contributed by atoms with Crippen molar-refractivity contribution in [2.24, 2.45) is 0 Å². The van der Waals surface area contributed by atoms with E-state index in [1.54, 1.807) is 27.8 Å². The van der Waals surface area contributed by atoms with Crippen LogP contribution in [-0.2, 0) is 87.4 Å². The number of urea groups is 2. The number of ether oxygens (including phenoxy) is 12. The van der Waals surface area contributed by atoms with Gasteiger partial charge in [-0.1, -0.05) is 17.3 Å². The molecule has 2 aromatic heterocycles. The number of carbonyl (C=O) groups is 6. The van der Waals surface area contributed by atoms with Crippen molar-refractivity contribution in [2.75, 3.05) is 182 Å². The van der Waals surface area contributed by atoms with Gasteiger partial charge in [0.2, 0.25) is 0 Å². The van der Waals surface area contributed by atoms with Crippen LogP contribution in [0.25, 0.3) is 11.3 Å². The monoisotopic (exact) mass is 1130 g/mol. The average molecular weight is 1130 g/mol. The SMILES string of the molecule is O=C(CCOCCOCCOCCOCCOCCOCCOCCOCCOCCOCCOCCOCCn1cc(-c2cccc(NC(=O)N3CCC4(CC3)NC(=O)N(c3ccncc3)C4=O)c2)nn1)ON1C(=O)CCC1=O. The van der Waals surface area contributed by atoms with Crippen LogP contribution < -0.4 is 15.5 Å². The number of pyridine rings is 1. The van der Waals surface area contributed by atoms with Gasteiger partial charge in [0.15, 0.2) is 0 Å². The maximum absolute atomic E-state index is 13.4. The molecular weight excluding hydrogens is 1050 g/mol. The Morgan fingerprint density at radius 2 is 1.02 bits per heavy atom. The van der Waals surface area contributed by atoms with Crippen LogP contribution in [0, 0.1) is 0 Å². The Kier molecular flexibility index (Phi) is 29.1. The van der Waals surface area contributed by atoms with Crippen molar-refractivity contribution in [1.82, 2.24) is 35.3 Å². The van der Waals surface area contributed by atoms with E-state index in [-0.39, 0.29) is 44.4 Å². The maximum atomic E-state index is 13.4. The number of rotatable bonds is 43. The molecule has 0 bridgehead atoms. The normalized spacial score (nSPS) is 15.2. The van der Waals surface area contributed by atoms with Crippen molar-refractivity contribution in [3.8, 4) is 11.3 Å². The van der Waals surface area contributed by atoms with E-state index in [2.05, 4.69) is 25.9 Å². The van der Waals surface area contributed by atoms with Gasteiger partial charge in [0, 0.05) is 49.6 Å². The quantitative estimate of drug-likeness (QED) is 0.0463. The Hall–Kier alpha value is -6.15. The largest absolute Gasteiger partial charge is 0.378 e. The molecule has 3 aromatic rings. The number of hydrogen-bond donors (Lipinski definition) is 2. The Morgan fingerprint density at radius 1 is 0.575 bits per heavy atom. The van der Waals surface area contributed by atoms with Crippen LogP contribution in [0.1, 0.15) is 32.1 Å². The number of anilines is 2. The van der Waals surface area contributed by atoms with Gasteiger partial charge in [-0.05, 0) is 37.1 Å². The zero-order valence-electron chi connectivity index (χ0n) is 45.2. The third kappa shape index (κ3) is 22.8. The molecule has 1 aromatic carbocycles. The van der Waals surface area contributed by atoms with Crippen molar-refractivity contribution in [2.45, 2.75) is 44.2 Å². The summed E-state index contributed by atoms with van der Waals surface area (Å²) in [5, 5.41) is 14.8. The van der Waals surface area contributed by atoms with Gasteiger partial charge >= 0.3 is 18.0 Å². The summed E-state index contributed by atoms with van der Waals surface area (Å²) in [5.74, 6) is -2.07. The number of aromatic nitrogens is 4. The second kappa shape index (κ2) is 37.0. The lowest BCUT2D eigenvalue weighted by molar-refractivity contribution is -0.198. The first-order valence-electron chi connectivity index (χ1n) is 26.9. The minimum absolute atomic E-state index is 0.0492. The first-order valence-corrected chi connectivity index (χ1v) is 26.9. The highest BCUT2D eigenvalue weighted by molar-refractivity contribution is 6.23. The number of likely N-dealkylation sites (tertiary alicyclic amines) is 1. The zero-order chi connectivity index (χ0) is 56.3. The van der Waals surface area contributed by atoms with Crippen LogP contribution in [0.4, 0.5) is 21.0 Å². The number of benzene rings is 1. The average Bonchev–Trinajstić information content (AvgIpc) is 4.20. The second-order valence-corrected chi connectivity index (χ2v) is 17.9. The summed E-state index contributed by atoms with van der Waals surface area (Å²) in [5.41, 5.74) is 1.41. The summed E-state index contributed by atoms with van der Waals surface area (Å²) in [6.45, 7) is 10.9. The van der Waals surface area contributed by atoms with E-state index in [0.29, 0.717) is 200 Å². The van der Waals surface area contributed by atoms with Gasteiger partial charge in [0.05, 0.1) is 183 Å². The summed E-state index contributed by atoms with van der Waals surface area (Å²) in [6, 6.07) is 9.76. The summed E-state index contributed by atoms with van der Waals surface area (Å²) < 4.78 is 67.7. The lowest BCUT2D eigenvalue weighted by atomic mass is 9.87. The van der Waals surface area contributed by atoms with Gasteiger partial charge in [-0.15, -0.1) is 10.2 Å². The maximum Gasteiger partial charge on any atom is 0.335 e. The van der Waals surface area contributed by atoms with Crippen molar-refractivity contribution >= 4 is 47.1 Å². The number of imide groups is 2. The topological polar surface area (TPSA) is 300 Å². The van der Waals surface area contributed by atoms with Gasteiger partial charge in [-0.2, -0.15) is 0 Å². The Balaban J connectivity index is 0.622. The molecule has 0 unspecified atom stereocenters. The Morgan fingerprint density at radius 3 is 1.50 bits per heavy atom. The molecule has 6 rings (SSSR count). The molecule has 5 heterocycles. The van der Waals surface area contributed by atoms with Gasteiger partial charge in [0.25, 0.3) is 17.7 Å². The molecule has 0 radical (unpaired) electrons. The zero-order valence-corrected chi connectivity index (χ0v) is 45.2. The lowest BCUT2D eigenvalue weighted by Crippen LogP contribution is -2.56. The molecule has 7 amide bonds. The van der Waals surface area contributed by atoms with E-state index in [1.165, 1.54) is 12.4 Å². The number of carbonyl (C=O) groups excluding carboxylic acids is 6. The van der Waals surface area contributed by atoms with Crippen molar-refractivity contribution < 1.29 is 90.4 Å². The van der Waals surface area contributed by atoms with Crippen molar-refractivity contribution in [3.05, 3.63) is 55.0 Å². The molecular formula is C52H75N9O19. The molecule has 28 heteroatoms. The number of hydroxylamine groups is 2. The third-order valence-corrected chi connectivity index (χ3v) is 12.1. The highest BCUT2D eigenvalue weighted by atomic mass is 16.7. The smallest absolute Gasteiger partial charge is 0.335 e. The Bertz CT molecular complexity index is 2290. The van der Waals surface area contributed by atoms with Crippen LogP contribution in [-0.4, -0.2) is 243 Å². The van der Waals surface area contributed by atoms with Gasteiger partial charge < -0.3 is 77.2 Å². The van der Waals surface area contributed by atoms with Crippen LogP contribution >= 0.6 is 0 Å². The molecule has 80 heavy (non-hydrogen) atoms. The second-order valence-electron chi connectivity index (χ2n) is 17.9. The highest BCUT2D eigenvalue weighted by Gasteiger charge is 2.53. The Labute approximate surface area is 464 Å². The molecule has 28 nitrogen and oxygen atoms in total. The number of hydrogen-bond acceptors (Lipinski definition) is 22. The summed E-state index contributed by atoms with van der Waals surface area (Å²) in [7, 11) is 0. The summed E-state index contributed by atoms with van der Waals surface area (Å²) in [6.07, 6.45) is 5.47. The van der Waals surface area contributed by atoms with E-state index in [0.717, 1.165) is 10.5 Å². The minimum atomic E-state index is -1.05. The van der Waals surface area contributed by atoms with Gasteiger partial charge in [-0.25, -0.2) is 24.0 Å². The third-order valence-electron chi connectivity index (χ3n) is 12.1. The first kappa shape index (κ1) is 63.0. The fraction of sp³-hybridized carbons (Fsp3) is 0.635. The molecule has 3 aliphatic heterocycles. The van der Waals surface area contributed by atoms with Crippen LogP contribution in [0.2, 0.25) is 0 Å².